The van der Waals surface area contributed by atoms with E-state index in [1.165, 1.54) is 12.3 Å². The molecule has 0 N–H and O–H groups in total. The molecule has 2 aliphatic rings. The number of halogens is 1. The van der Waals surface area contributed by atoms with Crippen molar-refractivity contribution in [3.63, 3.8) is 0 Å². The number of hydrogen-bond acceptors (Lipinski definition) is 4. The van der Waals surface area contributed by atoms with Crippen LogP contribution in [0.3, 0.4) is 0 Å². The lowest BCUT2D eigenvalue weighted by Crippen LogP contribution is -2.53. The van der Waals surface area contributed by atoms with Crippen LogP contribution in [0.25, 0.3) is 0 Å². The molecule has 1 aromatic heterocycles. The summed E-state index contributed by atoms with van der Waals surface area (Å²) in [6.07, 6.45) is 7.41. The highest BCUT2D eigenvalue weighted by atomic mass is 19.1. The van der Waals surface area contributed by atoms with E-state index in [4.69, 9.17) is 0 Å². The van der Waals surface area contributed by atoms with Crippen molar-refractivity contribution in [2.75, 3.05) is 11.4 Å². The zero-order valence-electron chi connectivity index (χ0n) is 15.1. The van der Waals surface area contributed by atoms with Crippen LogP contribution in [0.15, 0.2) is 42.9 Å². The number of carbonyl (C=O) groups is 1. The van der Waals surface area contributed by atoms with Gasteiger partial charge in [-0.1, -0.05) is 6.07 Å². The summed E-state index contributed by atoms with van der Waals surface area (Å²) in [4.78, 5) is 25.4. The second-order valence-electron chi connectivity index (χ2n) is 7.73. The Morgan fingerprint density at radius 2 is 2.12 bits per heavy atom. The number of fused-ring (bicyclic) bond motifs is 1. The average molecular weight is 354 g/mol. The first-order chi connectivity index (χ1) is 12.5. The molecule has 1 aromatic carbocycles. The van der Waals surface area contributed by atoms with Crippen LogP contribution in [0.5, 0.6) is 0 Å². The molecule has 2 fully saturated rings. The number of aromatic nitrogens is 2. The minimum Gasteiger partial charge on any atom is -0.361 e. The van der Waals surface area contributed by atoms with Crippen molar-refractivity contribution in [2.45, 2.75) is 50.7 Å². The van der Waals surface area contributed by atoms with Gasteiger partial charge in [0.2, 0.25) is 0 Å². The Kier molecular flexibility index (Phi) is 4.13. The highest BCUT2D eigenvalue weighted by molar-refractivity contribution is 5.92. The van der Waals surface area contributed by atoms with Crippen LogP contribution in [-0.4, -0.2) is 44.9 Å². The van der Waals surface area contributed by atoms with Crippen LogP contribution < -0.4 is 4.90 Å². The van der Waals surface area contributed by atoms with Crippen molar-refractivity contribution in [1.82, 2.24) is 14.9 Å². The SMILES string of the molecule is CC1(C)C[C@H]2[C@H](CCCN2C(=O)c2cnccn2)N1c1cccc(F)c1. The van der Waals surface area contributed by atoms with Crippen molar-refractivity contribution in [2.24, 2.45) is 0 Å². The van der Waals surface area contributed by atoms with Crippen LogP contribution in [0.1, 0.15) is 43.6 Å². The second kappa shape index (κ2) is 6.34. The molecule has 0 saturated carbocycles. The molecule has 2 aromatic rings. The second-order valence-corrected chi connectivity index (χ2v) is 7.73. The summed E-state index contributed by atoms with van der Waals surface area (Å²) in [7, 11) is 0. The van der Waals surface area contributed by atoms with Gasteiger partial charge >= 0.3 is 0 Å². The highest BCUT2D eigenvalue weighted by Gasteiger charge is 2.50. The Morgan fingerprint density at radius 1 is 1.27 bits per heavy atom. The molecule has 6 heteroatoms. The van der Waals surface area contributed by atoms with Gasteiger partial charge in [0.05, 0.1) is 18.3 Å². The third kappa shape index (κ3) is 2.83. The fourth-order valence-electron chi connectivity index (χ4n) is 4.62. The first-order valence-electron chi connectivity index (χ1n) is 9.09. The van der Waals surface area contributed by atoms with Crippen LogP contribution >= 0.6 is 0 Å². The molecule has 0 radical (unpaired) electrons. The van der Waals surface area contributed by atoms with Gasteiger partial charge in [0.15, 0.2) is 0 Å². The lowest BCUT2D eigenvalue weighted by atomic mass is 9.94. The molecule has 3 heterocycles. The van der Waals surface area contributed by atoms with Crippen LogP contribution in [0, 0.1) is 5.82 Å². The molecule has 26 heavy (non-hydrogen) atoms. The van der Waals surface area contributed by atoms with Crippen molar-refractivity contribution in [1.29, 1.82) is 0 Å². The van der Waals surface area contributed by atoms with E-state index < -0.39 is 0 Å². The molecule has 2 saturated heterocycles. The Bertz CT molecular complexity index is 810. The van der Waals surface area contributed by atoms with Crippen molar-refractivity contribution in [3.05, 3.63) is 54.4 Å². The van der Waals surface area contributed by atoms with Crippen molar-refractivity contribution >= 4 is 11.6 Å². The molecule has 2 aliphatic heterocycles. The largest absolute Gasteiger partial charge is 0.361 e. The third-order valence-corrected chi connectivity index (χ3v) is 5.57. The highest BCUT2D eigenvalue weighted by Crippen LogP contribution is 2.44. The summed E-state index contributed by atoms with van der Waals surface area (Å²) in [5.74, 6) is -0.297. The molecular formula is C20H23FN4O. The van der Waals surface area contributed by atoms with E-state index in [0.717, 1.165) is 31.5 Å². The zero-order chi connectivity index (χ0) is 18.3. The van der Waals surface area contributed by atoms with Gasteiger partial charge in [-0.05, 0) is 51.3 Å². The number of anilines is 1. The van der Waals surface area contributed by atoms with E-state index in [2.05, 4.69) is 28.7 Å². The molecule has 1 amide bonds. The fraction of sp³-hybridized carbons (Fsp3) is 0.450. The predicted octanol–water partition coefficient (Wildman–Crippen LogP) is 3.28. The third-order valence-electron chi connectivity index (χ3n) is 5.57. The van der Waals surface area contributed by atoms with Gasteiger partial charge in [0.25, 0.3) is 5.91 Å². The summed E-state index contributed by atoms with van der Waals surface area (Å²) >= 11 is 0. The van der Waals surface area contributed by atoms with E-state index in [0.29, 0.717) is 5.69 Å². The van der Waals surface area contributed by atoms with Crippen LogP contribution in [0.2, 0.25) is 0 Å². The van der Waals surface area contributed by atoms with Crippen LogP contribution in [-0.2, 0) is 0 Å². The Morgan fingerprint density at radius 3 is 2.85 bits per heavy atom. The van der Waals surface area contributed by atoms with E-state index >= 15 is 0 Å². The number of benzene rings is 1. The van der Waals surface area contributed by atoms with E-state index in [9.17, 15) is 9.18 Å². The maximum absolute atomic E-state index is 13.8. The molecule has 0 spiro atoms. The van der Waals surface area contributed by atoms with Gasteiger partial charge < -0.3 is 9.80 Å². The maximum atomic E-state index is 13.8. The first-order valence-corrected chi connectivity index (χ1v) is 9.09. The first kappa shape index (κ1) is 16.9. The Labute approximate surface area is 152 Å². The minimum absolute atomic E-state index is 0.0651. The molecule has 0 bridgehead atoms. The van der Waals surface area contributed by atoms with Gasteiger partial charge in [-0.25, -0.2) is 9.37 Å². The topological polar surface area (TPSA) is 49.3 Å². The Balaban J connectivity index is 1.67. The Hall–Kier alpha value is -2.50. The zero-order valence-corrected chi connectivity index (χ0v) is 15.1. The van der Waals surface area contributed by atoms with Crippen LogP contribution in [0.4, 0.5) is 10.1 Å². The number of piperidine rings is 1. The summed E-state index contributed by atoms with van der Waals surface area (Å²) in [6, 6.07) is 7.04. The predicted molar refractivity (Wildman–Crippen MR) is 97.5 cm³/mol. The fourth-order valence-corrected chi connectivity index (χ4v) is 4.62. The van der Waals surface area contributed by atoms with Gasteiger partial charge in [-0.2, -0.15) is 0 Å². The van der Waals surface area contributed by atoms with Gasteiger partial charge in [-0.3, -0.25) is 9.78 Å². The number of rotatable bonds is 2. The lowest BCUT2D eigenvalue weighted by molar-refractivity contribution is 0.0598. The molecule has 5 nitrogen and oxygen atoms in total. The van der Waals surface area contributed by atoms with E-state index in [-0.39, 0.29) is 29.3 Å². The van der Waals surface area contributed by atoms with Crippen molar-refractivity contribution < 1.29 is 9.18 Å². The van der Waals surface area contributed by atoms with Gasteiger partial charge in [0, 0.05) is 30.2 Å². The number of amides is 1. The van der Waals surface area contributed by atoms with Crippen molar-refractivity contribution in [3.8, 4) is 0 Å². The maximum Gasteiger partial charge on any atom is 0.274 e. The molecule has 4 rings (SSSR count). The summed E-state index contributed by atoms with van der Waals surface area (Å²) in [5, 5.41) is 0. The molecular weight excluding hydrogens is 331 g/mol. The van der Waals surface area contributed by atoms with E-state index in [1.54, 1.807) is 24.5 Å². The number of hydrogen-bond donors (Lipinski definition) is 0. The number of carbonyl (C=O) groups excluding carboxylic acids is 1. The lowest BCUT2D eigenvalue weighted by Gasteiger charge is -2.42. The molecule has 2 atom stereocenters. The number of nitrogens with zero attached hydrogens (tertiary/aromatic N) is 4. The summed E-state index contributed by atoms with van der Waals surface area (Å²) in [6.45, 7) is 5.06. The smallest absolute Gasteiger partial charge is 0.274 e. The normalized spacial score (nSPS) is 24.4. The van der Waals surface area contributed by atoms with Gasteiger partial charge in [-0.15, -0.1) is 0 Å². The minimum atomic E-state index is -0.231. The molecule has 136 valence electrons. The quantitative estimate of drug-likeness (QED) is 0.830. The average Bonchev–Trinajstić information content (AvgIpc) is 2.91. The summed E-state index contributed by atoms with van der Waals surface area (Å²) < 4.78 is 13.8. The standard InChI is InChI=1S/C20H23FN4O/c1-20(2)12-18-17(25(20)15-6-3-5-14(21)11-15)7-4-10-24(18)19(26)16-13-22-8-9-23-16/h3,5-6,8-9,11,13,17-18H,4,7,10,12H2,1-2H3/t17-,18-/m0/s1. The molecule has 0 unspecified atom stereocenters. The molecule has 0 aliphatic carbocycles. The monoisotopic (exact) mass is 354 g/mol. The number of likely N-dealkylation sites (tertiary alicyclic amines) is 1. The van der Waals surface area contributed by atoms with E-state index in [1.807, 2.05) is 11.0 Å². The van der Waals surface area contributed by atoms with Gasteiger partial charge in [0.1, 0.15) is 11.5 Å². The summed E-state index contributed by atoms with van der Waals surface area (Å²) in [5.41, 5.74) is 1.11.